The minimum Gasteiger partial charge on any atom is -0.395 e. The Bertz CT molecular complexity index is 578. The van der Waals surface area contributed by atoms with Crippen LogP contribution >= 0.6 is 11.3 Å². The SMILES string of the molecule is O=C(Nc1ccon1)c1ccc(C#CCCO)s1. The van der Waals surface area contributed by atoms with Crippen molar-refractivity contribution in [3.05, 3.63) is 34.2 Å². The summed E-state index contributed by atoms with van der Waals surface area (Å²) in [4.78, 5) is 13.1. The second kappa shape index (κ2) is 6.00. The lowest BCUT2D eigenvalue weighted by molar-refractivity contribution is 0.102. The molecule has 1 amide bonds. The highest BCUT2D eigenvalue weighted by atomic mass is 32.1. The van der Waals surface area contributed by atoms with Crippen LogP contribution in [0, 0.1) is 11.8 Å². The zero-order valence-corrected chi connectivity index (χ0v) is 10.2. The van der Waals surface area contributed by atoms with Crippen LogP contribution in [0.5, 0.6) is 0 Å². The number of carbonyl (C=O) groups excluding carboxylic acids is 1. The first-order valence-electron chi connectivity index (χ1n) is 5.21. The Kier molecular flexibility index (Phi) is 4.12. The van der Waals surface area contributed by atoms with Crippen LogP contribution in [-0.4, -0.2) is 22.8 Å². The molecule has 2 rings (SSSR count). The topological polar surface area (TPSA) is 75.4 Å². The van der Waals surface area contributed by atoms with Gasteiger partial charge < -0.3 is 14.9 Å². The minimum absolute atomic E-state index is 0.0396. The normalized spacial score (nSPS) is 9.61. The van der Waals surface area contributed by atoms with Crippen molar-refractivity contribution in [3.8, 4) is 11.8 Å². The summed E-state index contributed by atoms with van der Waals surface area (Å²) < 4.78 is 4.61. The molecular weight excluding hydrogens is 252 g/mol. The fourth-order valence-corrected chi connectivity index (χ4v) is 1.96. The second-order valence-electron chi connectivity index (χ2n) is 3.28. The van der Waals surface area contributed by atoms with Crippen molar-refractivity contribution >= 4 is 23.1 Å². The summed E-state index contributed by atoms with van der Waals surface area (Å²) in [6, 6.07) is 5.03. The largest absolute Gasteiger partial charge is 0.395 e. The maximum Gasteiger partial charge on any atom is 0.267 e. The first-order chi connectivity index (χ1) is 8.79. The third-order valence-corrected chi connectivity index (χ3v) is 2.96. The van der Waals surface area contributed by atoms with Gasteiger partial charge in [-0.2, -0.15) is 0 Å². The van der Waals surface area contributed by atoms with Crippen molar-refractivity contribution in [1.29, 1.82) is 0 Å². The lowest BCUT2D eigenvalue weighted by Gasteiger charge is -1.96. The van der Waals surface area contributed by atoms with E-state index < -0.39 is 0 Å². The highest BCUT2D eigenvalue weighted by molar-refractivity contribution is 7.14. The highest BCUT2D eigenvalue weighted by Gasteiger charge is 2.09. The van der Waals surface area contributed by atoms with Gasteiger partial charge in [0.1, 0.15) is 6.26 Å². The number of aliphatic hydroxyl groups excluding tert-OH is 1. The Morgan fingerprint density at radius 3 is 3.11 bits per heavy atom. The van der Waals surface area contributed by atoms with Gasteiger partial charge in [0.25, 0.3) is 5.91 Å². The number of hydrogen-bond donors (Lipinski definition) is 2. The standard InChI is InChI=1S/C12H10N2O3S/c15-7-2-1-3-9-4-5-10(18-9)12(16)13-11-6-8-17-14-11/h4-6,8,15H,2,7H2,(H,13,14,16). The molecular formula is C12H10N2O3S. The fraction of sp³-hybridized carbons (Fsp3) is 0.167. The molecule has 0 unspecified atom stereocenters. The zero-order valence-electron chi connectivity index (χ0n) is 9.34. The molecule has 5 nitrogen and oxygen atoms in total. The highest BCUT2D eigenvalue weighted by Crippen LogP contribution is 2.17. The average molecular weight is 262 g/mol. The van der Waals surface area contributed by atoms with Gasteiger partial charge >= 0.3 is 0 Å². The van der Waals surface area contributed by atoms with Crippen molar-refractivity contribution in [2.75, 3.05) is 11.9 Å². The van der Waals surface area contributed by atoms with Gasteiger partial charge in [-0.25, -0.2) is 0 Å². The van der Waals surface area contributed by atoms with E-state index in [4.69, 9.17) is 5.11 Å². The van der Waals surface area contributed by atoms with Crippen molar-refractivity contribution in [1.82, 2.24) is 5.16 Å². The van der Waals surface area contributed by atoms with E-state index in [0.717, 1.165) is 4.88 Å². The maximum atomic E-state index is 11.8. The molecule has 0 bridgehead atoms. The van der Waals surface area contributed by atoms with Crippen LogP contribution in [0.3, 0.4) is 0 Å². The Morgan fingerprint density at radius 1 is 1.50 bits per heavy atom. The van der Waals surface area contributed by atoms with Crippen molar-refractivity contribution in [3.63, 3.8) is 0 Å². The summed E-state index contributed by atoms with van der Waals surface area (Å²) in [5.41, 5.74) is 0. The van der Waals surface area contributed by atoms with Gasteiger partial charge in [0.2, 0.25) is 0 Å². The van der Waals surface area contributed by atoms with Crippen molar-refractivity contribution in [2.24, 2.45) is 0 Å². The molecule has 18 heavy (non-hydrogen) atoms. The molecule has 92 valence electrons. The van der Waals surface area contributed by atoms with E-state index in [9.17, 15) is 4.79 Å². The van der Waals surface area contributed by atoms with E-state index in [1.54, 1.807) is 18.2 Å². The van der Waals surface area contributed by atoms with Gasteiger partial charge in [0, 0.05) is 12.5 Å². The van der Waals surface area contributed by atoms with Crippen LogP contribution in [0.4, 0.5) is 5.82 Å². The van der Waals surface area contributed by atoms with E-state index in [0.29, 0.717) is 17.1 Å². The molecule has 0 aliphatic heterocycles. The number of aromatic nitrogens is 1. The second-order valence-corrected chi connectivity index (χ2v) is 4.36. The molecule has 0 saturated carbocycles. The van der Waals surface area contributed by atoms with Gasteiger partial charge in [-0.15, -0.1) is 11.3 Å². The van der Waals surface area contributed by atoms with Crippen LogP contribution in [0.1, 0.15) is 21.0 Å². The van der Waals surface area contributed by atoms with E-state index in [1.165, 1.54) is 17.6 Å². The third-order valence-electron chi connectivity index (χ3n) is 1.96. The molecule has 0 saturated heterocycles. The van der Waals surface area contributed by atoms with Crippen LogP contribution in [0.25, 0.3) is 0 Å². The Hall–Kier alpha value is -2.10. The summed E-state index contributed by atoms with van der Waals surface area (Å²) in [6.07, 6.45) is 1.81. The van der Waals surface area contributed by atoms with Gasteiger partial charge in [-0.3, -0.25) is 4.79 Å². The maximum absolute atomic E-state index is 11.8. The molecule has 2 N–H and O–H groups in total. The van der Waals surface area contributed by atoms with E-state index in [1.807, 2.05) is 0 Å². The first kappa shape index (κ1) is 12.4. The number of thiophene rings is 1. The molecule has 0 fully saturated rings. The van der Waals surface area contributed by atoms with E-state index in [2.05, 4.69) is 26.8 Å². The molecule has 0 atom stereocenters. The minimum atomic E-state index is -0.246. The molecule has 2 aromatic heterocycles. The number of nitrogens with zero attached hydrogens (tertiary/aromatic N) is 1. The molecule has 0 aliphatic carbocycles. The lowest BCUT2D eigenvalue weighted by atomic mass is 10.4. The molecule has 0 spiro atoms. The van der Waals surface area contributed by atoms with Crippen LogP contribution < -0.4 is 5.32 Å². The van der Waals surface area contributed by atoms with E-state index in [-0.39, 0.29) is 12.5 Å². The van der Waals surface area contributed by atoms with Crippen molar-refractivity contribution in [2.45, 2.75) is 6.42 Å². The van der Waals surface area contributed by atoms with Gasteiger partial charge in [0.15, 0.2) is 5.82 Å². The molecule has 2 aromatic rings. The number of carbonyl (C=O) groups is 1. The molecule has 0 aliphatic rings. The number of aliphatic hydroxyl groups is 1. The average Bonchev–Trinajstić information content (AvgIpc) is 3.00. The predicted molar refractivity (Wildman–Crippen MR) is 67.4 cm³/mol. The van der Waals surface area contributed by atoms with Crippen LogP contribution in [0.15, 0.2) is 29.0 Å². The van der Waals surface area contributed by atoms with Crippen LogP contribution in [0.2, 0.25) is 0 Å². The quantitative estimate of drug-likeness (QED) is 0.826. The zero-order chi connectivity index (χ0) is 12.8. The Morgan fingerprint density at radius 2 is 2.39 bits per heavy atom. The first-order valence-corrected chi connectivity index (χ1v) is 6.02. The molecule has 2 heterocycles. The lowest BCUT2D eigenvalue weighted by Crippen LogP contribution is -2.09. The number of amides is 1. The smallest absolute Gasteiger partial charge is 0.267 e. The number of rotatable bonds is 3. The third kappa shape index (κ3) is 3.20. The summed E-state index contributed by atoms with van der Waals surface area (Å²) >= 11 is 1.29. The summed E-state index contributed by atoms with van der Waals surface area (Å²) in [5.74, 6) is 5.80. The Balaban J connectivity index is 2.02. The monoisotopic (exact) mass is 262 g/mol. The number of hydrogen-bond acceptors (Lipinski definition) is 5. The van der Waals surface area contributed by atoms with Gasteiger partial charge in [0.05, 0.1) is 16.4 Å². The number of anilines is 1. The van der Waals surface area contributed by atoms with Gasteiger partial charge in [-0.05, 0) is 12.1 Å². The fourth-order valence-electron chi connectivity index (χ4n) is 1.19. The Labute approximate surface area is 107 Å². The van der Waals surface area contributed by atoms with Gasteiger partial charge in [-0.1, -0.05) is 17.0 Å². The van der Waals surface area contributed by atoms with E-state index >= 15 is 0 Å². The van der Waals surface area contributed by atoms with Crippen molar-refractivity contribution < 1.29 is 14.4 Å². The summed E-state index contributed by atoms with van der Waals surface area (Å²) in [7, 11) is 0. The van der Waals surface area contributed by atoms with Crippen LogP contribution in [-0.2, 0) is 0 Å². The molecule has 0 aromatic carbocycles. The molecule has 6 heteroatoms. The summed E-state index contributed by atoms with van der Waals surface area (Å²) in [5, 5.41) is 14.8. The molecule has 0 radical (unpaired) electrons. The predicted octanol–water partition coefficient (Wildman–Crippen LogP) is 1.72. The summed E-state index contributed by atoms with van der Waals surface area (Å²) in [6.45, 7) is 0.0396. The number of nitrogens with one attached hydrogen (secondary N) is 1.